The average Bonchev–Trinajstić information content (AvgIpc) is 2.27. The predicted octanol–water partition coefficient (Wildman–Crippen LogP) is 3.91. The van der Waals surface area contributed by atoms with Gasteiger partial charge in [0.1, 0.15) is 0 Å². The first-order valence-electron chi connectivity index (χ1n) is 4.91. The highest BCUT2D eigenvalue weighted by Crippen LogP contribution is 2.22. The molecule has 0 unspecified atom stereocenters. The summed E-state index contributed by atoms with van der Waals surface area (Å²) in [6.07, 6.45) is -0.994. The lowest BCUT2D eigenvalue weighted by molar-refractivity contribution is -0.113. The van der Waals surface area contributed by atoms with Gasteiger partial charge < -0.3 is 0 Å². The molecule has 0 aliphatic heterocycles. The van der Waals surface area contributed by atoms with Crippen LogP contribution in [0.2, 0.25) is 0 Å². The maximum Gasteiger partial charge on any atom is 0.398 e. The smallest absolute Gasteiger partial charge is 0.287 e. The SMILES string of the molecule is O=C(C/C=C/c1ccccc1)SCC(F)(F)F. The minimum Gasteiger partial charge on any atom is -0.287 e. The number of thioether (sulfide) groups is 1. The van der Waals surface area contributed by atoms with Crippen LogP contribution in [-0.2, 0) is 4.79 Å². The van der Waals surface area contributed by atoms with E-state index in [9.17, 15) is 18.0 Å². The van der Waals surface area contributed by atoms with E-state index >= 15 is 0 Å². The summed E-state index contributed by atoms with van der Waals surface area (Å²) < 4.78 is 35.4. The summed E-state index contributed by atoms with van der Waals surface area (Å²) in [4.78, 5) is 11.1. The third-order valence-electron chi connectivity index (χ3n) is 1.79. The predicted molar refractivity (Wildman–Crippen MR) is 63.6 cm³/mol. The summed E-state index contributed by atoms with van der Waals surface area (Å²) in [6, 6.07) is 9.26. The Morgan fingerprint density at radius 1 is 1.24 bits per heavy atom. The molecule has 0 aromatic heterocycles. The molecule has 17 heavy (non-hydrogen) atoms. The molecule has 0 radical (unpaired) electrons. The number of rotatable bonds is 4. The number of carbonyl (C=O) groups is 1. The van der Waals surface area contributed by atoms with Crippen molar-refractivity contribution in [2.24, 2.45) is 0 Å². The van der Waals surface area contributed by atoms with E-state index in [1.165, 1.54) is 0 Å². The number of hydrogen-bond donors (Lipinski definition) is 0. The fourth-order valence-electron chi connectivity index (χ4n) is 1.08. The van der Waals surface area contributed by atoms with E-state index in [4.69, 9.17) is 0 Å². The Morgan fingerprint density at radius 3 is 2.47 bits per heavy atom. The summed E-state index contributed by atoms with van der Waals surface area (Å²) in [6.45, 7) is 0. The first-order chi connectivity index (χ1) is 7.97. The second-order valence-corrected chi connectivity index (χ2v) is 4.33. The Kier molecular flexibility index (Phi) is 5.28. The second-order valence-electron chi connectivity index (χ2n) is 3.29. The molecule has 0 heterocycles. The fourth-order valence-corrected chi connectivity index (χ4v) is 1.62. The normalized spacial score (nSPS) is 11.9. The lowest BCUT2D eigenvalue weighted by atomic mass is 10.2. The Hall–Kier alpha value is -1.23. The molecule has 1 aromatic carbocycles. The van der Waals surface area contributed by atoms with Crippen molar-refractivity contribution in [3.63, 3.8) is 0 Å². The summed E-state index contributed by atoms with van der Waals surface area (Å²) >= 11 is 0.303. The zero-order valence-electron chi connectivity index (χ0n) is 8.91. The number of alkyl halides is 3. The van der Waals surface area contributed by atoms with Crippen LogP contribution < -0.4 is 0 Å². The van der Waals surface area contributed by atoms with Crippen LogP contribution in [0, 0.1) is 0 Å². The zero-order chi connectivity index (χ0) is 12.7. The summed E-state index contributed by atoms with van der Waals surface area (Å²) in [5, 5.41) is -0.477. The number of benzene rings is 1. The van der Waals surface area contributed by atoms with E-state index in [0.29, 0.717) is 11.8 Å². The molecule has 0 amide bonds. The monoisotopic (exact) mass is 260 g/mol. The topological polar surface area (TPSA) is 17.1 Å². The van der Waals surface area contributed by atoms with Crippen LogP contribution in [0.5, 0.6) is 0 Å². The van der Waals surface area contributed by atoms with Crippen LogP contribution in [-0.4, -0.2) is 17.0 Å². The molecule has 1 rings (SSSR count). The lowest BCUT2D eigenvalue weighted by Crippen LogP contribution is -2.12. The molecule has 0 atom stereocenters. The van der Waals surface area contributed by atoms with Crippen molar-refractivity contribution >= 4 is 23.0 Å². The van der Waals surface area contributed by atoms with Crippen LogP contribution in [0.15, 0.2) is 36.4 Å². The number of allylic oxidation sites excluding steroid dienone is 1. The Labute approximate surface area is 102 Å². The quantitative estimate of drug-likeness (QED) is 0.816. The molecular weight excluding hydrogens is 249 g/mol. The van der Waals surface area contributed by atoms with Gasteiger partial charge in [0, 0.05) is 6.42 Å². The van der Waals surface area contributed by atoms with Crippen molar-refractivity contribution in [1.29, 1.82) is 0 Å². The molecule has 0 bridgehead atoms. The maximum absolute atomic E-state index is 11.8. The zero-order valence-corrected chi connectivity index (χ0v) is 9.72. The fraction of sp³-hybridized carbons (Fsp3) is 0.250. The molecule has 0 N–H and O–H groups in total. The maximum atomic E-state index is 11.8. The van der Waals surface area contributed by atoms with Crippen LogP contribution in [0.1, 0.15) is 12.0 Å². The first-order valence-corrected chi connectivity index (χ1v) is 5.90. The van der Waals surface area contributed by atoms with Crippen LogP contribution >= 0.6 is 11.8 Å². The van der Waals surface area contributed by atoms with E-state index < -0.39 is 17.0 Å². The van der Waals surface area contributed by atoms with Crippen molar-refractivity contribution < 1.29 is 18.0 Å². The van der Waals surface area contributed by atoms with Gasteiger partial charge in [-0.25, -0.2) is 0 Å². The minimum absolute atomic E-state index is 0.00956. The van der Waals surface area contributed by atoms with Gasteiger partial charge in [-0.15, -0.1) is 0 Å². The van der Waals surface area contributed by atoms with E-state index in [1.807, 2.05) is 30.3 Å². The van der Waals surface area contributed by atoms with E-state index in [2.05, 4.69) is 0 Å². The van der Waals surface area contributed by atoms with Gasteiger partial charge in [-0.1, -0.05) is 54.2 Å². The van der Waals surface area contributed by atoms with Gasteiger partial charge in [-0.05, 0) is 5.56 Å². The highest BCUT2D eigenvalue weighted by Gasteiger charge is 2.28. The van der Waals surface area contributed by atoms with Gasteiger partial charge in [0.25, 0.3) is 0 Å². The summed E-state index contributed by atoms with van der Waals surface area (Å²) in [5.41, 5.74) is 0.918. The Morgan fingerprint density at radius 2 is 1.88 bits per heavy atom. The third kappa shape index (κ3) is 6.84. The highest BCUT2D eigenvalue weighted by atomic mass is 32.2. The molecule has 0 saturated carbocycles. The number of halogens is 3. The van der Waals surface area contributed by atoms with Gasteiger partial charge in [0.2, 0.25) is 0 Å². The van der Waals surface area contributed by atoms with E-state index in [0.717, 1.165) is 5.56 Å². The van der Waals surface area contributed by atoms with Crippen molar-refractivity contribution in [3.05, 3.63) is 42.0 Å². The van der Waals surface area contributed by atoms with Gasteiger partial charge in [0.15, 0.2) is 5.12 Å². The molecule has 0 saturated heterocycles. The van der Waals surface area contributed by atoms with E-state index in [-0.39, 0.29) is 6.42 Å². The highest BCUT2D eigenvalue weighted by molar-refractivity contribution is 8.13. The molecule has 5 heteroatoms. The van der Waals surface area contributed by atoms with Gasteiger partial charge in [-0.3, -0.25) is 4.79 Å². The molecule has 0 fully saturated rings. The van der Waals surface area contributed by atoms with Crippen molar-refractivity contribution in [2.45, 2.75) is 12.6 Å². The molecule has 92 valence electrons. The van der Waals surface area contributed by atoms with Crippen molar-refractivity contribution in [1.82, 2.24) is 0 Å². The summed E-state index contributed by atoms with van der Waals surface area (Å²) in [5.74, 6) is -1.12. The number of hydrogen-bond acceptors (Lipinski definition) is 2. The average molecular weight is 260 g/mol. The van der Waals surface area contributed by atoms with Crippen LogP contribution in [0.4, 0.5) is 13.2 Å². The van der Waals surface area contributed by atoms with Gasteiger partial charge in [0.05, 0.1) is 5.75 Å². The molecular formula is C12H11F3OS. The standard InChI is InChI=1S/C12H11F3OS/c13-12(14,15)9-17-11(16)8-4-7-10-5-2-1-3-6-10/h1-7H,8-9H2/b7-4+. The molecule has 0 aliphatic carbocycles. The first kappa shape index (κ1) is 13.8. The largest absolute Gasteiger partial charge is 0.398 e. The third-order valence-corrected chi connectivity index (χ3v) is 2.75. The van der Waals surface area contributed by atoms with Crippen molar-refractivity contribution in [2.75, 3.05) is 5.75 Å². The van der Waals surface area contributed by atoms with Gasteiger partial charge >= 0.3 is 6.18 Å². The lowest BCUT2D eigenvalue weighted by Gasteiger charge is -2.03. The van der Waals surface area contributed by atoms with Crippen molar-refractivity contribution in [3.8, 4) is 0 Å². The minimum atomic E-state index is -4.29. The summed E-state index contributed by atoms with van der Waals surface area (Å²) in [7, 11) is 0. The van der Waals surface area contributed by atoms with E-state index in [1.54, 1.807) is 12.2 Å². The Bertz CT molecular complexity index is 384. The van der Waals surface area contributed by atoms with Gasteiger partial charge in [-0.2, -0.15) is 13.2 Å². The number of carbonyl (C=O) groups excluding carboxylic acids is 1. The van der Waals surface area contributed by atoms with Crippen LogP contribution in [0.3, 0.4) is 0 Å². The molecule has 0 spiro atoms. The van der Waals surface area contributed by atoms with Crippen LogP contribution in [0.25, 0.3) is 6.08 Å². The molecule has 1 aromatic rings. The molecule has 1 nitrogen and oxygen atoms in total. The second kappa shape index (κ2) is 6.49. The Balaban J connectivity index is 2.31. The molecule has 0 aliphatic rings.